The second-order valence-electron chi connectivity index (χ2n) is 5.49. The average Bonchev–Trinajstić information content (AvgIpc) is 2.65. The van der Waals surface area contributed by atoms with Gasteiger partial charge in [0.05, 0.1) is 0 Å². The summed E-state index contributed by atoms with van der Waals surface area (Å²) in [7, 11) is 0. The summed E-state index contributed by atoms with van der Waals surface area (Å²) < 4.78 is 0. The van der Waals surface area contributed by atoms with Crippen molar-refractivity contribution < 1.29 is 0 Å². The predicted molar refractivity (Wildman–Crippen MR) is 56.7 cm³/mol. The summed E-state index contributed by atoms with van der Waals surface area (Å²) in [5.74, 6) is 1.91. The molecule has 2 fully saturated rings. The molecule has 1 saturated heterocycles. The zero-order chi connectivity index (χ0) is 9.59. The third-order valence-corrected chi connectivity index (χ3v) is 3.78. The minimum Gasteiger partial charge on any atom is -0.294 e. The van der Waals surface area contributed by atoms with Gasteiger partial charge in [-0.15, -0.1) is 0 Å². The topological polar surface area (TPSA) is 3.24 Å². The Hall–Kier alpha value is -0.0400. The van der Waals surface area contributed by atoms with Crippen molar-refractivity contribution in [2.24, 2.45) is 11.8 Å². The van der Waals surface area contributed by atoms with E-state index in [1.165, 1.54) is 19.3 Å². The van der Waals surface area contributed by atoms with Crippen LogP contribution in [-0.4, -0.2) is 23.0 Å². The van der Waals surface area contributed by atoms with Gasteiger partial charge in [0.15, 0.2) is 0 Å². The molecule has 1 heterocycles. The molecule has 2 aliphatic rings. The average molecular weight is 181 g/mol. The third kappa shape index (κ3) is 1.63. The molecule has 1 saturated carbocycles. The smallest absolute Gasteiger partial charge is 0.0144 e. The molecule has 1 aliphatic heterocycles. The van der Waals surface area contributed by atoms with Crippen LogP contribution in [0.3, 0.4) is 0 Å². The Morgan fingerprint density at radius 3 is 2.08 bits per heavy atom. The Kier molecular flexibility index (Phi) is 2.39. The van der Waals surface area contributed by atoms with Gasteiger partial charge in [-0.3, -0.25) is 4.90 Å². The lowest BCUT2D eigenvalue weighted by molar-refractivity contribution is -0.0479. The maximum atomic E-state index is 2.77. The van der Waals surface area contributed by atoms with Gasteiger partial charge in [0.2, 0.25) is 0 Å². The lowest BCUT2D eigenvalue weighted by atomic mass is 9.81. The summed E-state index contributed by atoms with van der Waals surface area (Å²) in [6, 6.07) is 2.59. The van der Waals surface area contributed by atoms with Crippen LogP contribution < -0.4 is 0 Å². The van der Waals surface area contributed by atoms with Crippen LogP contribution in [0, 0.1) is 11.8 Å². The molecule has 0 aromatic heterocycles. The molecule has 1 nitrogen and oxygen atoms in total. The second kappa shape index (κ2) is 3.27. The van der Waals surface area contributed by atoms with E-state index in [-0.39, 0.29) is 0 Å². The first-order valence-electron chi connectivity index (χ1n) is 5.88. The van der Waals surface area contributed by atoms with Gasteiger partial charge in [0, 0.05) is 18.1 Å². The molecule has 2 rings (SSSR count). The van der Waals surface area contributed by atoms with E-state index in [1.54, 1.807) is 0 Å². The molecule has 0 bridgehead atoms. The van der Waals surface area contributed by atoms with Gasteiger partial charge in [-0.1, -0.05) is 13.8 Å². The van der Waals surface area contributed by atoms with E-state index in [1.807, 2.05) is 0 Å². The lowest BCUT2D eigenvalue weighted by Gasteiger charge is -2.53. The van der Waals surface area contributed by atoms with Crippen molar-refractivity contribution in [1.82, 2.24) is 4.90 Å². The quantitative estimate of drug-likeness (QED) is 0.647. The van der Waals surface area contributed by atoms with E-state index in [4.69, 9.17) is 0 Å². The molecule has 1 aliphatic carbocycles. The van der Waals surface area contributed by atoms with E-state index >= 15 is 0 Å². The molecule has 0 spiro atoms. The molecule has 76 valence electrons. The van der Waals surface area contributed by atoms with Crippen LogP contribution >= 0.6 is 0 Å². The Morgan fingerprint density at radius 2 is 1.69 bits per heavy atom. The van der Waals surface area contributed by atoms with E-state index in [0.29, 0.717) is 0 Å². The molecule has 2 atom stereocenters. The van der Waals surface area contributed by atoms with Gasteiger partial charge in [-0.05, 0) is 44.9 Å². The standard InChI is InChI=1S/C12H23N/c1-8(2)11-7-12(10-5-6-10)13(11)9(3)4/h8-12H,5-7H2,1-4H3. The Morgan fingerprint density at radius 1 is 1.08 bits per heavy atom. The van der Waals surface area contributed by atoms with Crippen LogP contribution in [0.2, 0.25) is 0 Å². The Bertz CT molecular complexity index is 174. The van der Waals surface area contributed by atoms with Crippen molar-refractivity contribution in [3.05, 3.63) is 0 Å². The highest BCUT2D eigenvalue weighted by Crippen LogP contribution is 2.46. The van der Waals surface area contributed by atoms with Gasteiger partial charge < -0.3 is 0 Å². The molecule has 1 heteroatoms. The van der Waals surface area contributed by atoms with Crippen molar-refractivity contribution in [1.29, 1.82) is 0 Å². The first-order valence-corrected chi connectivity index (χ1v) is 5.88. The molecular formula is C12H23N. The van der Waals surface area contributed by atoms with Gasteiger partial charge in [-0.2, -0.15) is 0 Å². The highest BCUT2D eigenvalue weighted by Gasteiger charge is 2.48. The molecular weight excluding hydrogens is 158 g/mol. The first kappa shape index (κ1) is 9.51. The molecule has 13 heavy (non-hydrogen) atoms. The monoisotopic (exact) mass is 181 g/mol. The number of rotatable bonds is 3. The van der Waals surface area contributed by atoms with E-state index in [2.05, 4.69) is 32.6 Å². The number of nitrogens with zero attached hydrogens (tertiary/aromatic N) is 1. The normalized spacial score (nSPS) is 35.5. The fraction of sp³-hybridized carbons (Fsp3) is 1.00. The number of hydrogen-bond donors (Lipinski definition) is 0. The first-order chi connectivity index (χ1) is 6.11. The van der Waals surface area contributed by atoms with Crippen molar-refractivity contribution >= 4 is 0 Å². The molecule has 0 aromatic rings. The second-order valence-corrected chi connectivity index (χ2v) is 5.49. The van der Waals surface area contributed by atoms with Gasteiger partial charge in [0.25, 0.3) is 0 Å². The van der Waals surface area contributed by atoms with E-state index in [0.717, 1.165) is 30.0 Å². The number of hydrogen-bond acceptors (Lipinski definition) is 1. The SMILES string of the molecule is CC(C)C1CC(C2CC2)N1C(C)C. The summed E-state index contributed by atoms with van der Waals surface area (Å²) in [5.41, 5.74) is 0. The summed E-state index contributed by atoms with van der Waals surface area (Å²) >= 11 is 0. The minimum atomic E-state index is 0.756. The minimum absolute atomic E-state index is 0.756. The number of likely N-dealkylation sites (tertiary alicyclic amines) is 1. The van der Waals surface area contributed by atoms with Crippen molar-refractivity contribution in [2.75, 3.05) is 0 Å². The molecule has 0 aromatic carbocycles. The van der Waals surface area contributed by atoms with Crippen LogP contribution in [0.15, 0.2) is 0 Å². The van der Waals surface area contributed by atoms with E-state index in [9.17, 15) is 0 Å². The summed E-state index contributed by atoms with van der Waals surface area (Å²) in [6.07, 6.45) is 4.47. The largest absolute Gasteiger partial charge is 0.294 e. The predicted octanol–water partition coefficient (Wildman–Crippen LogP) is 2.90. The lowest BCUT2D eigenvalue weighted by Crippen LogP contribution is -2.61. The fourth-order valence-electron chi connectivity index (χ4n) is 2.90. The third-order valence-electron chi connectivity index (χ3n) is 3.78. The van der Waals surface area contributed by atoms with Crippen LogP contribution in [0.25, 0.3) is 0 Å². The molecule has 2 unspecified atom stereocenters. The van der Waals surface area contributed by atoms with Gasteiger partial charge >= 0.3 is 0 Å². The fourth-order valence-corrected chi connectivity index (χ4v) is 2.90. The van der Waals surface area contributed by atoms with E-state index < -0.39 is 0 Å². The highest BCUT2D eigenvalue weighted by molar-refractivity contribution is 5.02. The molecule has 0 radical (unpaired) electrons. The molecule has 0 N–H and O–H groups in total. The van der Waals surface area contributed by atoms with Crippen LogP contribution in [0.1, 0.15) is 47.0 Å². The van der Waals surface area contributed by atoms with Crippen LogP contribution in [0.4, 0.5) is 0 Å². The van der Waals surface area contributed by atoms with Crippen LogP contribution in [0.5, 0.6) is 0 Å². The van der Waals surface area contributed by atoms with Crippen molar-refractivity contribution in [3.63, 3.8) is 0 Å². The van der Waals surface area contributed by atoms with Crippen molar-refractivity contribution in [2.45, 2.75) is 65.1 Å². The van der Waals surface area contributed by atoms with Gasteiger partial charge in [0.1, 0.15) is 0 Å². The Balaban J connectivity index is 1.96. The van der Waals surface area contributed by atoms with Gasteiger partial charge in [-0.25, -0.2) is 0 Å². The highest BCUT2D eigenvalue weighted by atomic mass is 15.3. The maximum Gasteiger partial charge on any atom is 0.0144 e. The van der Waals surface area contributed by atoms with Crippen LogP contribution in [-0.2, 0) is 0 Å². The maximum absolute atomic E-state index is 2.77. The van der Waals surface area contributed by atoms with Crippen molar-refractivity contribution in [3.8, 4) is 0 Å². The summed E-state index contributed by atoms with van der Waals surface area (Å²) in [5, 5.41) is 0. The zero-order valence-electron chi connectivity index (χ0n) is 9.46. The molecule has 0 amide bonds. The summed E-state index contributed by atoms with van der Waals surface area (Å²) in [6.45, 7) is 9.43. The zero-order valence-corrected chi connectivity index (χ0v) is 9.46. The Labute approximate surface area is 82.5 Å². The summed E-state index contributed by atoms with van der Waals surface area (Å²) in [4.78, 5) is 2.77.